The average Bonchev–Trinajstić information content (AvgIpc) is 3.94. The second-order valence-corrected chi connectivity index (χ2v) is 10.4. The highest BCUT2D eigenvalue weighted by Gasteiger charge is 2.29. The summed E-state index contributed by atoms with van der Waals surface area (Å²) < 4.78 is 26.0. The van der Waals surface area contributed by atoms with E-state index in [1.807, 2.05) is 13.8 Å². The molecule has 2 saturated carbocycles. The molecule has 2 aliphatic carbocycles. The SMILES string of the molecule is CC.CCN1CCN(CC2CC2)CC1.COc1ncnc(OC2CC2)c1-c1cn(SF)c2nc(NC=O)ccc12. The smallest absolute Gasteiger partial charge is 0.228 e. The van der Waals surface area contributed by atoms with E-state index in [2.05, 4.69) is 37.0 Å². The molecule has 12 heteroatoms. The van der Waals surface area contributed by atoms with Gasteiger partial charge in [-0.2, -0.15) is 0 Å². The number of anilines is 1. The Hall–Kier alpha value is -2.96. The first-order valence-corrected chi connectivity index (χ1v) is 14.8. The Balaban J connectivity index is 0.000000220. The fourth-order valence-electron chi connectivity index (χ4n) is 4.59. The number of carbonyl (C=O) groups is 1. The third-order valence-corrected chi connectivity index (χ3v) is 7.50. The molecule has 4 heterocycles. The van der Waals surface area contributed by atoms with Gasteiger partial charge < -0.3 is 24.6 Å². The van der Waals surface area contributed by atoms with Gasteiger partial charge in [-0.25, -0.2) is 18.9 Å². The largest absolute Gasteiger partial charge is 0.480 e. The monoisotopic (exact) mass is 573 g/mol. The highest BCUT2D eigenvalue weighted by atomic mass is 32.2. The second-order valence-electron chi connectivity index (χ2n) is 9.83. The molecule has 218 valence electrons. The molecule has 3 aromatic heterocycles. The maximum Gasteiger partial charge on any atom is 0.228 e. The predicted molar refractivity (Wildman–Crippen MR) is 157 cm³/mol. The van der Waals surface area contributed by atoms with Crippen LogP contribution in [0.15, 0.2) is 24.7 Å². The normalized spacial score (nSPS) is 17.3. The van der Waals surface area contributed by atoms with Crippen LogP contribution in [-0.4, -0.2) is 87.6 Å². The number of likely N-dealkylation sites (N-methyl/N-ethyl adjacent to an activating group) is 1. The number of nitrogens with zero attached hydrogens (tertiary/aromatic N) is 6. The van der Waals surface area contributed by atoms with Gasteiger partial charge in [-0.15, -0.1) is 3.89 Å². The fraction of sp³-hybridized carbons (Fsp3) is 0.571. The van der Waals surface area contributed by atoms with Gasteiger partial charge >= 0.3 is 0 Å². The van der Waals surface area contributed by atoms with E-state index >= 15 is 0 Å². The van der Waals surface area contributed by atoms with Crippen LogP contribution in [0.5, 0.6) is 11.8 Å². The van der Waals surface area contributed by atoms with Gasteiger partial charge in [-0.1, -0.05) is 20.8 Å². The first-order valence-electron chi connectivity index (χ1n) is 14.2. The molecule has 1 amide bonds. The van der Waals surface area contributed by atoms with Gasteiger partial charge in [-0.3, -0.25) is 4.79 Å². The molecular weight excluding hydrogens is 533 g/mol. The van der Waals surface area contributed by atoms with Crippen LogP contribution in [0, 0.1) is 5.92 Å². The Bertz CT molecular complexity index is 1240. The fourth-order valence-corrected chi connectivity index (χ4v) is 4.94. The molecule has 0 radical (unpaired) electrons. The van der Waals surface area contributed by atoms with Crippen molar-refractivity contribution in [2.24, 2.45) is 5.92 Å². The van der Waals surface area contributed by atoms with Crippen LogP contribution in [0.3, 0.4) is 0 Å². The number of hydrogen-bond acceptors (Lipinski definition) is 9. The van der Waals surface area contributed by atoms with Crippen LogP contribution in [0.2, 0.25) is 0 Å². The summed E-state index contributed by atoms with van der Waals surface area (Å²) in [5, 5.41) is 3.11. The van der Waals surface area contributed by atoms with Crippen molar-refractivity contribution >= 4 is 35.6 Å². The molecule has 6 rings (SSSR count). The van der Waals surface area contributed by atoms with Crippen LogP contribution >= 0.6 is 12.3 Å². The van der Waals surface area contributed by atoms with E-state index in [1.165, 1.54) is 69.5 Å². The van der Waals surface area contributed by atoms with Crippen LogP contribution in [0.25, 0.3) is 22.2 Å². The van der Waals surface area contributed by atoms with Crippen molar-refractivity contribution in [2.75, 3.05) is 51.7 Å². The van der Waals surface area contributed by atoms with Crippen molar-refractivity contribution in [2.45, 2.75) is 52.6 Å². The number of amides is 1. The van der Waals surface area contributed by atoms with Gasteiger partial charge in [0.2, 0.25) is 18.2 Å². The van der Waals surface area contributed by atoms with Gasteiger partial charge in [0, 0.05) is 49.9 Å². The molecule has 3 fully saturated rings. The molecule has 3 aromatic rings. The Morgan fingerprint density at radius 1 is 1.07 bits per heavy atom. The lowest BCUT2D eigenvalue weighted by atomic mass is 10.1. The number of fused-ring (bicyclic) bond motifs is 1. The molecule has 10 nitrogen and oxygen atoms in total. The van der Waals surface area contributed by atoms with E-state index in [0.717, 1.165) is 18.8 Å². The topological polar surface area (TPSA) is 97.6 Å². The number of ether oxygens (including phenoxy) is 2. The van der Waals surface area contributed by atoms with E-state index in [-0.39, 0.29) is 18.4 Å². The minimum Gasteiger partial charge on any atom is -0.480 e. The molecule has 0 aromatic carbocycles. The van der Waals surface area contributed by atoms with E-state index in [0.29, 0.717) is 46.1 Å². The number of aromatic nitrogens is 4. The molecule has 0 atom stereocenters. The van der Waals surface area contributed by atoms with Gasteiger partial charge in [0.15, 0.2) is 18.0 Å². The van der Waals surface area contributed by atoms with Crippen LogP contribution < -0.4 is 14.8 Å². The van der Waals surface area contributed by atoms with E-state index in [4.69, 9.17) is 9.47 Å². The van der Waals surface area contributed by atoms with Crippen molar-refractivity contribution in [3.8, 4) is 22.9 Å². The first kappa shape index (κ1) is 30.0. The summed E-state index contributed by atoms with van der Waals surface area (Å²) in [6, 6.07) is 3.37. The van der Waals surface area contributed by atoms with E-state index in [9.17, 15) is 8.68 Å². The molecular formula is C28H40FN7O3S. The number of halogens is 1. The maximum absolute atomic E-state index is 13.5. The molecule has 1 N–H and O–H groups in total. The molecule has 1 aliphatic heterocycles. The third-order valence-electron chi connectivity index (χ3n) is 7.07. The Morgan fingerprint density at radius 3 is 2.38 bits per heavy atom. The number of nitrogens with one attached hydrogen (secondary N) is 1. The molecule has 40 heavy (non-hydrogen) atoms. The number of rotatable bonds is 10. The lowest BCUT2D eigenvalue weighted by Crippen LogP contribution is -2.46. The number of methoxy groups -OCH3 is 1. The zero-order valence-electron chi connectivity index (χ0n) is 23.8. The summed E-state index contributed by atoms with van der Waals surface area (Å²) in [5.41, 5.74) is 1.52. The lowest BCUT2D eigenvalue weighted by molar-refractivity contribution is -0.105. The Morgan fingerprint density at radius 2 is 1.77 bits per heavy atom. The minimum atomic E-state index is 0.00175. The first-order chi connectivity index (χ1) is 19.6. The Labute approximate surface area is 240 Å². The van der Waals surface area contributed by atoms with E-state index < -0.39 is 0 Å². The van der Waals surface area contributed by atoms with E-state index in [1.54, 1.807) is 18.3 Å². The predicted octanol–water partition coefficient (Wildman–Crippen LogP) is 5.05. The zero-order valence-corrected chi connectivity index (χ0v) is 24.6. The van der Waals surface area contributed by atoms with Crippen LogP contribution in [0.1, 0.15) is 46.5 Å². The van der Waals surface area contributed by atoms with Crippen LogP contribution in [-0.2, 0) is 4.79 Å². The highest BCUT2D eigenvalue weighted by Crippen LogP contribution is 2.42. The number of carbonyl (C=O) groups excluding carboxylic acids is 1. The minimum absolute atomic E-state index is 0.00175. The maximum atomic E-state index is 13.5. The van der Waals surface area contributed by atoms with Gasteiger partial charge in [-0.05, 0) is 50.3 Å². The van der Waals surface area contributed by atoms with Gasteiger partial charge in [0.1, 0.15) is 23.8 Å². The summed E-state index contributed by atoms with van der Waals surface area (Å²) in [6.07, 6.45) is 8.51. The summed E-state index contributed by atoms with van der Waals surface area (Å²) in [6.45, 7) is 14.1. The second kappa shape index (κ2) is 14.6. The molecule has 0 bridgehead atoms. The summed E-state index contributed by atoms with van der Waals surface area (Å²) in [7, 11) is 1.50. The molecule has 1 saturated heterocycles. The summed E-state index contributed by atoms with van der Waals surface area (Å²) >= 11 is 0.00175. The van der Waals surface area contributed by atoms with Crippen LogP contribution in [0.4, 0.5) is 9.70 Å². The third kappa shape index (κ3) is 7.61. The average molecular weight is 574 g/mol. The molecule has 0 spiro atoms. The highest BCUT2D eigenvalue weighted by molar-refractivity contribution is 7.92. The van der Waals surface area contributed by atoms with Crippen molar-refractivity contribution in [3.63, 3.8) is 0 Å². The van der Waals surface area contributed by atoms with Crippen molar-refractivity contribution < 1.29 is 18.2 Å². The quantitative estimate of drug-likeness (QED) is 0.334. The number of pyridine rings is 1. The van der Waals surface area contributed by atoms with Crippen molar-refractivity contribution in [1.29, 1.82) is 0 Å². The standard InChI is InChI=1S/C16H14FN5O3S.C10H20N2.C2H6/c1-24-15-13(16(19-7-18-15)25-9-2-3-9)11-6-22(26-17)14-10(11)4-5-12(21-14)20-8-23;1-2-11-5-7-12(8-6-11)9-10-3-4-10;1-2/h4-9H,2-3H2,1H3,(H,20,21,23);10H,2-9H2,1H3;1-2H3. The van der Waals surface area contributed by atoms with Crippen molar-refractivity contribution in [3.05, 3.63) is 24.7 Å². The lowest BCUT2D eigenvalue weighted by Gasteiger charge is -2.33. The molecule has 3 aliphatic rings. The van der Waals surface area contributed by atoms with Crippen molar-refractivity contribution in [1.82, 2.24) is 28.7 Å². The summed E-state index contributed by atoms with van der Waals surface area (Å²) in [5.74, 6) is 2.10. The van der Waals surface area contributed by atoms with Gasteiger partial charge in [0.25, 0.3) is 0 Å². The zero-order chi connectivity index (χ0) is 28.5. The molecule has 0 unspecified atom stereocenters. The Kier molecular flexibility index (Phi) is 11.0. The van der Waals surface area contributed by atoms with Gasteiger partial charge in [0.05, 0.1) is 7.11 Å². The number of hydrogen-bond donors (Lipinski definition) is 1. The summed E-state index contributed by atoms with van der Waals surface area (Å²) in [4.78, 5) is 28.5. The number of piperazine rings is 1.